The highest BCUT2D eigenvalue weighted by Gasteiger charge is 2.19. The van der Waals surface area contributed by atoms with Gasteiger partial charge in [0.2, 0.25) is 0 Å². The maximum atomic E-state index is 11.6. The smallest absolute Gasteiger partial charge is 0.250 e. The number of likely N-dealkylation sites (N-methyl/N-ethyl adjacent to an activating group) is 1. The van der Waals surface area contributed by atoms with Crippen LogP contribution in [0.25, 0.3) is 22.4 Å². The SMILES string of the molecule is CC(c1ccc(-c2nc3c(C(N)=O)cccc3[nH]2)cc1)N1CCCN(C)CC1. The number of amides is 1. The van der Waals surface area contributed by atoms with Crippen LogP contribution >= 0.6 is 0 Å². The summed E-state index contributed by atoms with van der Waals surface area (Å²) < 4.78 is 0. The maximum Gasteiger partial charge on any atom is 0.250 e. The fraction of sp³-hybridized carbons (Fsp3) is 0.364. The Morgan fingerprint density at radius 2 is 1.89 bits per heavy atom. The van der Waals surface area contributed by atoms with E-state index in [-0.39, 0.29) is 0 Å². The molecular weight excluding hydrogens is 350 g/mol. The molecule has 6 nitrogen and oxygen atoms in total. The van der Waals surface area contributed by atoms with Crippen LogP contribution in [0.3, 0.4) is 0 Å². The number of hydrogen-bond donors (Lipinski definition) is 2. The average molecular weight is 377 g/mol. The first-order valence-corrected chi connectivity index (χ1v) is 9.84. The van der Waals surface area contributed by atoms with Gasteiger partial charge >= 0.3 is 0 Å². The summed E-state index contributed by atoms with van der Waals surface area (Å²) >= 11 is 0. The van der Waals surface area contributed by atoms with E-state index in [4.69, 9.17) is 5.73 Å². The number of carbonyl (C=O) groups excluding carboxylic acids is 1. The van der Waals surface area contributed by atoms with Crippen molar-refractivity contribution in [1.82, 2.24) is 19.8 Å². The fourth-order valence-corrected chi connectivity index (χ4v) is 3.95. The van der Waals surface area contributed by atoms with E-state index in [0.29, 0.717) is 17.1 Å². The second-order valence-corrected chi connectivity index (χ2v) is 7.64. The highest BCUT2D eigenvalue weighted by atomic mass is 16.1. The van der Waals surface area contributed by atoms with Gasteiger partial charge in [-0.25, -0.2) is 4.98 Å². The van der Waals surface area contributed by atoms with Crippen molar-refractivity contribution in [3.05, 3.63) is 53.6 Å². The minimum Gasteiger partial charge on any atom is -0.366 e. The number of benzene rings is 2. The lowest BCUT2D eigenvalue weighted by Gasteiger charge is -2.28. The van der Waals surface area contributed by atoms with Gasteiger partial charge in [-0.15, -0.1) is 0 Å². The van der Waals surface area contributed by atoms with Gasteiger partial charge < -0.3 is 15.6 Å². The summed E-state index contributed by atoms with van der Waals surface area (Å²) in [5, 5.41) is 0. The fourth-order valence-electron chi connectivity index (χ4n) is 3.95. The molecular formula is C22H27N5O. The van der Waals surface area contributed by atoms with E-state index >= 15 is 0 Å². The molecule has 0 aliphatic carbocycles. The van der Waals surface area contributed by atoms with Gasteiger partial charge in [-0.3, -0.25) is 9.69 Å². The molecule has 1 fully saturated rings. The standard InChI is InChI=1S/C22H27N5O/c1-15(27-12-4-11-26(2)13-14-27)16-7-9-17(10-8-16)22-24-19-6-3-5-18(21(23)28)20(19)25-22/h3,5-10,15H,4,11-14H2,1-2H3,(H2,23,28)(H,24,25). The lowest BCUT2D eigenvalue weighted by Crippen LogP contribution is -2.31. The van der Waals surface area contributed by atoms with Crippen molar-refractivity contribution >= 4 is 16.9 Å². The Labute approximate surface area is 165 Å². The molecule has 6 heteroatoms. The van der Waals surface area contributed by atoms with Crippen molar-refractivity contribution in [1.29, 1.82) is 0 Å². The highest BCUT2D eigenvalue weighted by molar-refractivity contribution is 6.04. The largest absolute Gasteiger partial charge is 0.366 e. The average Bonchev–Trinajstić information content (AvgIpc) is 3.02. The van der Waals surface area contributed by atoms with Gasteiger partial charge in [0.05, 0.1) is 11.1 Å². The van der Waals surface area contributed by atoms with Crippen LogP contribution in [0, 0.1) is 0 Å². The van der Waals surface area contributed by atoms with Crippen LogP contribution < -0.4 is 5.73 Å². The van der Waals surface area contributed by atoms with Gasteiger partial charge in [0.25, 0.3) is 5.91 Å². The number of nitrogens with zero attached hydrogens (tertiary/aromatic N) is 3. The number of nitrogens with two attached hydrogens (primary N) is 1. The normalized spacial score (nSPS) is 17.5. The van der Waals surface area contributed by atoms with Gasteiger partial charge in [0.1, 0.15) is 11.3 Å². The molecule has 1 amide bonds. The Hall–Kier alpha value is -2.70. The molecule has 28 heavy (non-hydrogen) atoms. The topological polar surface area (TPSA) is 78.2 Å². The van der Waals surface area contributed by atoms with E-state index in [1.807, 2.05) is 12.1 Å². The summed E-state index contributed by atoms with van der Waals surface area (Å²) in [6.07, 6.45) is 1.21. The van der Waals surface area contributed by atoms with Crippen LogP contribution in [0.1, 0.15) is 35.3 Å². The number of rotatable bonds is 4. The molecule has 4 rings (SSSR count). The van der Waals surface area contributed by atoms with Gasteiger partial charge in [-0.2, -0.15) is 0 Å². The molecule has 2 aromatic carbocycles. The first-order valence-electron chi connectivity index (χ1n) is 9.84. The van der Waals surface area contributed by atoms with Crippen LogP contribution in [0.4, 0.5) is 0 Å². The van der Waals surface area contributed by atoms with Crippen molar-refractivity contribution in [2.24, 2.45) is 5.73 Å². The molecule has 1 aliphatic heterocycles. The second kappa shape index (κ2) is 7.73. The number of aromatic amines is 1. The number of nitrogens with one attached hydrogen (secondary N) is 1. The number of carbonyl (C=O) groups is 1. The lowest BCUT2D eigenvalue weighted by molar-refractivity contribution is 0.100. The van der Waals surface area contributed by atoms with Crippen molar-refractivity contribution in [3.8, 4) is 11.4 Å². The summed E-state index contributed by atoms with van der Waals surface area (Å²) in [7, 11) is 2.19. The molecule has 1 atom stereocenters. The van der Waals surface area contributed by atoms with Crippen molar-refractivity contribution in [3.63, 3.8) is 0 Å². The minimum atomic E-state index is -0.462. The van der Waals surface area contributed by atoms with Crippen molar-refractivity contribution in [2.45, 2.75) is 19.4 Å². The van der Waals surface area contributed by atoms with Gasteiger partial charge in [0, 0.05) is 31.2 Å². The maximum absolute atomic E-state index is 11.6. The van der Waals surface area contributed by atoms with Crippen molar-refractivity contribution < 1.29 is 4.79 Å². The van der Waals surface area contributed by atoms with Crippen LogP contribution in [-0.4, -0.2) is 58.9 Å². The van der Waals surface area contributed by atoms with Crippen molar-refractivity contribution in [2.75, 3.05) is 33.2 Å². The second-order valence-electron chi connectivity index (χ2n) is 7.64. The van der Waals surface area contributed by atoms with E-state index in [0.717, 1.165) is 36.5 Å². The van der Waals surface area contributed by atoms with E-state index in [1.165, 1.54) is 18.5 Å². The highest BCUT2D eigenvalue weighted by Crippen LogP contribution is 2.26. The molecule has 146 valence electrons. The number of para-hydroxylation sites is 1. The van der Waals surface area contributed by atoms with Gasteiger partial charge in [0.15, 0.2) is 0 Å². The third kappa shape index (κ3) is 3.66. The number of hydrogen-bond acceptors (Lipinski definition) is 4. The molecule has 1 aromatic heterocycles. The quantitative estimate of drug-likeness (QED) is 0.733. The van der Waals surface area contributed by atoms with Crippen LogP contribution in [0.15, 0.2) is 42.5 Å². The molecule has 3 N–H and O–H groups in total. The number of aromatic nitrogens is 2. The predicted molar refractivity (Wildman–Crippen MR) is 112 cm³/mol. The van der Waals surface area contributed by atoms with Crippen LogP contribution in [0.5, 0.6) is 0 Å². The molecule has 0 saturated carbocycles. The molecule has 3 aromatic rings. The van der Waals surface area contributed by atoms with E-state index in [2.05, 4.69) is 58.0 Å². The minimum absolute atomic E-state index is 0.387. The zero-order chi connectivity index (χ0) is 19.7. The molecule has 0 spiro atoms. The first-order chi connectivity index (χ1) is 13.5. The number of H-pyrrole nitrogens is 1. The summed E-state index contributed by atoms with van der Waals surface area (Å²) in [5.41, 5.74) is 9.66. The molecule has 0 radical (unpaired) electrons. The molecule has 2 heterocycles. The Morgan fingerprint density at radius 1 is 1.11 bits per heavy atom. The number of primary amides is 1. The summed E-state index contributed by atoms with van der Waals surface area (Å²) in [5.74, 6) is 0.287. The van der Waals surface area contributed by atoms with Crippen LogP contribution in [0.2, 0.25) is 0 Å². The number of fused-ring (bicyclic) bond motifs is 1. The third-order valence-corrected chi connectivity index (χ3v) is 5.75. The zero-order valence-corrected chi connectivity index (χ0v) is 16.5. The Kier molecular flexibility index (Phi) is 5.15. The Bertz CT molecular complexity index is 978. The Morgan fingerprint density at radius 3 is 2.64 bits per heavy atom. The predicted octanol–water partition coefficient (Wildman–Crippen LogP) is 3.03. The third-order valence-electron chi connectivity index (χ3n) is 5.75. The van der Waals surface area contributed by atoms with E-state index in [1.54, 1.807) is 6.07 Å². The van der Waals surface area contributed by atoms with E-state index in [9.17, 15) is 4.79 Å². The molecule has 0 bridgehead atoms. The van der Waals surface area contributed by atoms with Crippen LogP contribution in [-0.2, 0) is 0 Å². The molecule has 1 unspecified atom stereocenters. The summed E-state index contributed by atoms with van der Waals surface area (Å²) in [6, 6.07) is 14.4. The van der Waals surface area contributed by atoms with Gasteiger partial charge in [-0.1, -0.05) is 30.3 Å². The van der Waals surface area contributed by atoms with Gasteiger partial charge in [-0.05, 0) is 44.6 Å². The monoisotopic (exact) mass is 377 g/mol. The summed E-state index contributed by atoms with van der Waals surface area (Å²) in [4.78, 5) is 24.5. The van der Waals surface area contributed by atoms with E-state index < -0.39 is 5.91 Å². The zero-order valence-electron chi connectivity index (χ0n) is 16.5. The molecule has 1 aliphatic rings. The Balaban J connectivity index is 1.57. The lowest BCUT2D eigenvalue weighted by atomic mass is 10.0. The summed E-state index contributed by atoms with van der Waals surface area (Å²) in [6.45, 7) is 6.79. The number of imidazole rings is 1. The molecule has 1 saturated heterocycles. The first kappa shape index (κ1) is 18.7.